The fourth-order valence-electron chi connectivity index (χ4n) is 2.24. The number of nitrogens with zero attached hydrogens (tertiary/aromatic N) is 2. The summed E-state index contributed by atoms with van der Waals surface area (Å²) in [7, 11) is 0. The number of thiophene rings is 2. The fourth-order valence-corrected chi connectivity index (χ4v) is 3.89. The second-order valence-corrected chi connectivity index (χ2v) is 8.05. The highest BCUT2D eigenvalue weighted by molar-refractivity contribution is 7.15. The average Bonchev–Trinajstić information content (AvgIpc) is 2.96. The Labute approximate surface area is 141 Å². The lowest BCUT2D eigenvalue weighted by Gasteiger charge is -2.00. The van der Waals surface area contributed by atoms with Crippen LogP contribution in [0.15, 0.2) is 28.8 Å². The fraction of sp³-hybridized carbons (Fsp3) is 0.312. The molecule has 0 bridgehead atoms. The third kappa shape index (κ3) is 3.20. The Balaban J connectivity index is 1.40. The van der Waals surface area contributed by atoms with Gasteiger partial charge in [0.15, 0.2) is 5.82 Å². The van der Waals surface area contributed by atoms with Gasteiger partial charge in [-0.1, -0.05) is 5.16 Å². The zero-order chi connectivity index (χ0) is 15.8. The van der Waals surface area contributed by atoms with E-state index in [4.69, 9.17) is 4.52 Å². The van der Waals surface area contributed by atoms with Crippen molar-refractivity contribution in [2.75, 3.05) is 0 Å². The zero-order valence-corrected chi connectivity index (χ0v) is 14.2. The van der Waals surface area contributed by atoms with Gasteiger partial charge >= 0.3 is 0 Å². The molecular formula is C16H15N3O2S2. The Bertz CT molecular complexity index is 845. The lowest BCUT2D eigenvalue weighted by atomic mass is 10.4. The topological polar surface area (TPSA) is 68.0 Å². The first-order valence-corrected chi connectivity index (χ1v) is 9.09. The number of carbonyl (C=O) groups excluding carboxylic acids is 1. The van der Waals surface area contributed by atoms with Crippen molar-refractivity contribution in [3.05, 3.63) is 44.7 Å². The largest absolute Gasteiger partial charge is 0.346 e. The first-order chi connectivity index (χ1) is 11.2. The van der Waals surface area contributed by atoms with Gasteiger partial charge in [-0.15, -0.1) is 22.7 Å². The van der Waals surface area contributed by atoms with Gasteiger partial charge in [-0.05, 0) is 44.0 Å². The molecule has 4 rings (SSSR count). The van der Waals surface area contributed by atoms with Crippen LogP contribution in [0.5, 0.6) is 0 Å². The minimum Gasteiger partial charge on any atom is -0.346 e. The van der Waals surface area contributed by atoms with Crippen LogP contribution in [-0.4, -0.2) is 16.0 Å². The molecule has 1 fully saturated rings. The van der Waals surface area contributed by atoms with E-state index in [1.807, 2.05) is 31.2 Å². The van der Waals surface area contributed by atoms with Crippen LogP contribution in [0.25, 0.3) is 10.8 Å². The summed E-state index contributed by atoms with van der Waals surface area (Å²) in [5.41, 5.74) is 0. The predicted octanol–water partition coefficient (Wildman–Crippen LogP) is 3.98. The Kier molecular flexibility index (Phi) is 3.74. The molecule has 1 amide bonds. The molecule has 118 valence electrons. The number of rotatable bonds is 5. The highest BCUT2D eigenvalue weighted by Gasteiger charge is 2.29. The smallest absolute Gasteiger partial charge is 0.268 e. The molecule has 1 N–H and O–H groups in total. The van der Waals surface area contributed by atoms with Crippen molar-refractivity contribution in [3.8, 4) is 10.8 Å². The van der Waals surface area contributed by atoms with Gasteiger partial charge in [-0.25, -0.2) is 0 Å². The van der Waals surface area contributed by atoms with Crippen LogP contribution in [0, 0.1) is 6.92 Å². The van der Waals surface area contributed by atoms with E-state index in [9.17, 15) is 4.79 Å². The summed E-state index contributed by atoms with van der Waals surface area (Å²) < 4.78 is 5.33. The average molecular weight is 345 g/mol. The molecule has 3 aromatic heterocycles. The van der Waals surface area contributed by atoms with Gasteiger partial charge in [0.05, 0.1) is 16.3 Å². The van der Waals surface area contributed by atoms with E-state index >= 15 is 0 Å². The third-order valence-electron chi connectivity index (χ3n) is 3.64. The monoisotopic (exact) mass is 345 g/mol. The van der Waals surface area contributed by atoms with Gasteiger partial charge in [0.1, 0.15) is 0 Å². The quantitative estimate of drug-likeness (QED) is 0.759. The molecule has 0 radical (unpaired) electrons. The molecule has 23 heavy (non-hydrogen) atoms. The predicted molar refractivity (Wildman–Crippen MR) is 89.8 cm³/mol. The number of aromatic nitrogens is 2. The zero-order valence-electron chi connectivity index (χ0n) is 12.5. The van der Waals surface area contributed by atoms with Crippen molar-refractivity contribution in [1.29, 1.82) is 0 Å². The van der Waals surface area contributed by atoms with Crippen molar-refractivity contribution in [2.24, 2.45) is 0 Å². The third-order valence-corrected chi connectivity index (χ3v) is 5.72. The Morgan fingerprint density at radius 1 is 1.30 bits per heavy atom. The summed E-state index contributed by atoms with van der Waals surface area (Å²) in [6.45, 7) is 2.50. The highest BCUT2D eigenvalue weighted by Crippen LogP contribution is 2.39. The molecule has 1 aliphatic carbocycles. The van der Waals surface area contributed by atoms with Crippen LogP contribution in [0.1, 0.15) is 44.0 Å². The maximum absolute atomic E-state index is 12.1. The normalized spacial score (nSPS) is 14.1. The number of aryl methyl sites for hydroxylation is 1. The molecule has 0 saturated heterocycles. The van der Waals surface area contributed by atoms with Crippen molar-refractivity contribution in [3.63, 3.8) is 0 Å². The molecule has 0 atom stereocenters. The van der Waals surface area contributed by atoms with Crippen LogP contribution >= 0.6 is 22.7 Å². The maximum atomic E-state index is 12.1. The summed E-state index contributed by atoms with van der Waals surface area (Å²) in [5, 5.41) is 6.97. The second-order valence-electron chi connectivity index (χ2n) is 5.59. The molecule has 1 saturated carbocycles. The molecule has 1 aliphatic rings. The minimum absolute atomic E-state index is 0.0353. The maximum Gasteiger partial charge on any atom is 0.268 e. The number of nitrogens with one attached hydrogen (secondary N) is 1. The first-order valence-electron chi connectivity index (χ1n) is 7.46. The van der Waals surface area contributed by atoms with Gasteiger partial charge in [-0.3, -0.25) is 4.79 Å². The minimum atomic E-state index is -0.0353. The molecule has 0 aliphatic heterocycles. The van der Waals surface area contributed by atoms with Crippen molar-refractivity contribution < 1.29 is 9.32 Å². The molecule has 0 unspecified atom stereocenters. The van der Waals surface area contributed by atoms with Crippen molar-refractivity contribution >= 4 is 28.6 Å². The number of hydrogen-bond donors (Lipinski definition) is 1. The SMILES string of the molecule is Cc1ccc(C(=O)NCc2ccc(-c3nc(C4CC4)no3)s2)s1. The van der Waals surface area contributed by atoms with E-state index in [-0.39, 0.29) is 5.91 Å². The number of carbonyl (C=O) groups is 1. The molecule has 0 spiro atoms. The summed E-state index contributed by atoms with van der Waals surface area (Å²) in [4.78, 5) is 20.4. The van der Waals surface area contributed by atoms with Gasteiger partial charge in [0.25, 0.3) is 11.8 Å². The Morgan fingerprint density at radius 3 is 2.91 bits per heavy atom. The van der Waals surface area contributed by atoms with E-state index in [2.05, 4.69) is 15.5 Å². The van der Waals surface area contributed by atoms with E-state index in [1.165, 1.54) is 11.3 Å². The standard InChI is InChI=1S/C16H15N3O2S2/c1-9-2-6-12(22-9)15(20)17-8-11-5-7-13(23-11)16-18-14(19-21-16)10-3-4-10/h2,5-7,10H,3-4,8H2,1H3,(H,17,20). The van der Waals surface area contributed by atoms with E-state index in [0.717, 1.165) is 38.2 Å². The van der Waals surface area contributed by atoms with Crippen molar-refractivity contribution in [1.82, 2.24) is 15.5 Å². The second kappa shape index (κ2) is 5.90. The molecule has 0 aromatic carbocycles. The molecule has 3 aromatic rings. The molecule has 5 nitrogen and oxygen atoms in total. The molecule has 3 heterocycles. The van der Waals surface area contributed by atoms with Crippen LogP contribution in [0.4, 0.5) is 0 Å². The van der Waals surface area contributed by atoms with E-state index in [0.29, 0.717) is 18.4 Å². The molecule has 7 heteroatoms. The molecular weight excluding hydrogens is 330 g/mol. The van der Waals surface area contributed by atoms with Gasteiger partial charge in [0.2, 0.25) is 0 Å². The van der Waals surface area contributed by atoms with Crippen LogP contribution in [0.2, 0.25) is 0 Å². The van der Waals surface area contributed by atoms with E-state index in [1.54, 1.807) is 11.3 Å². The first kappa shape index (κ1) is 14.6. The lowest BCUT2D eigenvalue weighted by Crippen LogP contribution is -2.21. The number of hydrogen-bond acceptors (Lipinski definition) is 6. The Morgan fingerprint density at radius 2 is 2.17 bits per heavy atom. The van der Waals surface area contributed by atoms with Gasteiger partial charge in [0, 0.05) is 15.7 Å². The number of amides is 1. The summed E-state index contributed by atoms with van der Waals surface area (Å²) in [6.07, 6.45) is 2.31. The summed E-state index contributed by atoms with van der Waals surface area (Å²) in [5.74, 6) is 1.84. The van der Waals surface area contributed by atoms with Crippen LogP contribution in [0.3, 0.4) is 0 Å². The summed E-state index contributed by atoms with van der Waals surface area (Å²) >= 11 is 3.07. The van der Waals surface area contributed by atoms with Crippen LogP contribution in [-0.2, 0) is 6.54 Å². The van der Waals surface area contributed by atoms with Crippen molar-refractivity contribution in [2.45, 2.75) is 32.2 Å². The van der Waals surface area contributed by atoms with Gasteiger partial charge in [-0.2, -0.15) is 4.98 Å². The highest BCUT2D eigenvalue weighted by atomic mass is 32.1. The Hall–Kier alpha value is -1.99. The summed E-state index contributed by atoms with van der Waals surface area (Å²) in [6, 6.07) is 7.76. The van der Waals surface area contributed by atoms with Gasteiger partial charge < -0.3 is 9.84 Å². The lowest BCUT2D eigenvalue weighted by molar-refractivity contribution is 0.0955. The van der Waals surface area contributed by atoms with E-state index < -0.39 is 0 Å². The van der Waals surface area contributed by atoms with Crippen LogP contribution < -0.4 is 5.32 Å².